The van der Waals surface area contributed by atoms with Crippen LogP contribution in [0.1, 0.15) is 18.4 Å². The van der Waals surface area contributed by atoms with E-state index in [0.29, 0.717) is 0 Å². The van der Waals surface area contributed by atoms with E-state index >= 15 is 0 Å². The fourth-order valence-electron chi connectivity index (χ4n) is 4.09. The summed E-state index contributed by atoms with van der Waals surface area (Å²) < 4.78 is 14.3. The topological polar surface area (TPSA) is 17.1 Å². The maximum absolute atomic E-state index is 14.3. The van der Waals surface area contributed by atoms with Gasteiger partial charge in [0, 0.05) is 15.9 Å². The molecule has 126 valence electrons. The first kappa shape index (κ1) is 15.6. The average molecular weight is 354 g/mol. The van der Waals surface area contributed by atoms with Crippen LogP contribution in [0.2, 0.25) is 0 Å². The second kappa shape index (κ2) is 5.97. The molecule has 0 aromatic heterocycles. The molecule has 0 spiro atoms. The highest BCUT2D eigenvalue weighted by Gasteiger charge is 2.39. The SMILES string of the molecule is O=P1(c2ccccc2)c2ccccc2-c2cc(C3=CC=CCC3)ccc21. The molecule has 2 heteroatoms. The Kier molecular flexibility index (Phi) is 3.58. The molecule has 0 saturated carbocycles. The van der Waals surface area contributed by atoms with Crippen LogP contribution in [0.4, 0.5) is 0 Å². The number of hydrogen-bond donors (Lipinski definition) is 0. The number of hydrogen-bond acceptors (Lipinski definition) is 1. The van der Waals surface area contributed by atoms with E-state index in [2.05, 4.69) is 42.5 Å². The van der Waals surface area contributed by atoms with Gasteiger partial charge in [-0.05, 0) is 47.2 Å². The van der Waals surface area contributed by atoms with Gasteiger partial charge in [0.15, 0.2) is 7.14 Å². The van der Waals surface area contributed by atoms with E-state index in [4.69, 9.17) is 0 Å². The zero-order chi connectivity index (χ0) is 17.6. The molecule has 1 aliphatic carbocycles. The third-order valence-corrected chi connectivity index (χ3v) is 8.54. The summed E-state index contributed by atoms with van der Waals surface area (Å²) >= 11 is 0. The highest BCUT2D eigenvalue weighted by atomic mass is 31.2. The molecule has 0 radical (unpaired) electrons. The molecule has 1 nitrogen and oxygen atoms in total. The summed E-state index contributed by atoms with van der Waals surface area (Å²) in [6, 6.07) is 24.6. The van der Waals surface area contributed by atoms with Crippen LogP contribution in [-0.2, 0) is 4.57 Å². The molecule has 2 aliphatic rings. The maximum Gasteiger partial charge on any atom is 0.172 e. The highest BCUT2D eigenvalue weighted by Crippen LogP contribution is 2.52. The van der Waals surface area contributed by atoms with Gasteiger partial charge in [0.2, 0.25) is 0 Å². The molecule has 0 amide bonds. The lowest BCUT2D eigenvalue weighted by molar-refractivity contribution is 0.593. The van der Waals surface area contributed by atoms with Crippen molar-refractivity contribution in [2.24, 2.45) is 0 Å². The number of benzene rings is 3. The number of rotatable bonds is 2. The van der Waals surface area contributed by atoms with Crippen molar-refractivity contribution in [3.8, 4) is 11.1 Å². The van der Waals surface area contributed by atoms with E-state index in [1.165, 1.54) is 11.1 Å². The molecule has 3 aromatic carbocycles. The van der Waals surface area contributed by atoms with Crippen molar-refractivity contribution in [3.63, 3.8) is 0 Å². The Morgan fingerprint density at radius 3 is 2.35 bits per heavy atom. The lowest BCUT2D eigenvalue weighted by Crippen LogP contribution is -2.20. The highest BCUT2D eigenvalue weighted by molar-refractivity contribution is 7.86. The predicted octanol–water partition coefficient (Wildman–Crippen LogP) is 5.04. The van der Waals surface area contributed by atoms with Gasteiger partial charge in [0.25, 0.3) is 0 Å². The predicted molar refractivity (Wildman–Crippen MR) is 111 cm³/mol. The van der Waals surface area contributed by atoms with Crippen LogP contribution < -0.4 is 15.9 Å². The first-order chi connectivity index (χ1) is 12.8. The molecule has 3 aromatic rings. The Balaban J connectivity index is 1.77. The van der Waals surface area contributed by atoms with Gasteiger partial charge in [0.05, 0.1) is 0 Å². The van der Waals surface area contributed by atoms with E-state index in [1.54, 1.807) is 0 Å². The first-order valence-electron chi connectivity index (χ1n) is 9.05. The van der Waals surface area contributed by atoms with Crippen molar-refractivity contribution >= 4 is 28.6 Å². The molecule has 1 aliphatic heterocycles. The standard InChI is InChI=1S/C24H19OP/c25-26(20-11-5-2-6-12-20)23-14-8-7-13-21(23)22-17-19(15-16-24(22)26)18-9-3-1-4-10-18/h1-3,5-9,11-17H,4,10H2. The summed E-state index contributed by atoms with van der Waals surface area (Å²) in [5, 5.41) is 2.86. The minimum absolute atomic E-state index is 0.916. The summed E-state index contributed by atoms with van der Waals surface area (Å²) in [5.41, 5.74) is 4.84. The summed E-state index contributed by atoms with van der Waals surface area (Å²) in [7, 11) is -2.80. The maximum atomic E-state index is 14.3. The molecule has 1 heterocycles. The second-order valence-electron chi connectivity index (χ2n) is 6.85. The van der Waals surface area contributed by atoms with Gasteiger partial charge in [0.1, 0.15) is 0 Å². The third-order valence-electron chi connectivity index (χ3n) is 5.37. The first-order valence-corrected chi connectivity index (χ1v) is 10.8. The quantitative estimate of drug-likeness (QED) is 0.461. The van der Waals surface area contributed by atoms with Crippen LogP contribution in [-0.4, -0.2) is 0 Å². The number of fused-ring (bicyclic) bond motifs is 3. The zero-order valence-corrected chi connectivity index (χ0v) is 15.3. The summed E-state index contributed by atoms with van der Waals surface area (Å²) in [4.78, 5) is 0. The van der Waals surface area contributed by atoms with Gasteiger partial charge < -0.3 is 4.57 Å². The van der Waals surface area contributed by atoms with Gasteiger partial charge in [-0.15, -0.1) is 0 Å². The lowest BCUT2D eigenvalue weighted by Gasteiger charge is -2.16. The van der Waals surface area contributed by atoms with Gasteiger partial charge in [-0.25, -0.2) is 0 Å². The van der Waals surface area contributed by atoms with Crippen LogP contribution in [0, 0.1) is 0 Å². The minimum Gasteiger partial charge on any atom is -0.309 e. The third kappa shape index (κ3) is 2.21. The Hall–Kier alpha value is -2.63. The molecule has 0 fully saturated rings. The fourth-order valence-corrected chi connectivity index (χ4v) is 7.14. The molecule has 5 rings (SSSR count). The van der Waals surface area contributed by atoms with Crippen molar-refractivity contribution in [3.05, 3.63) is 96.6 Å². The summed E-state index contributed by atoms with van der Waals surface area (Å²) in [5.74, 6) is 0. The van der Waals surface area contributed by atoms with E-state index < -0.39 is 7.14 Å². The summed E-state index contributed by atoms with van der Waals surface area (Å²) in [6.07, 6.45) is 8.68. The van der Waals surface area contributed by atoms with Gasteiger partial charge in [-0.3, -0.25) is 0 Å². The van der Waals surface area contributed by atoms with Crippen molar-refractivity contribution in [2.75, 3.05) is 0 Å². The van der Waals surface area contributed by atoms with E-state index in [-0.39, 0.29) is 0 Å². The van der Waals surface area contributed by atoms with E-state index in [0.717, 1.165) is 39.9 Å². The Bertz CT molecular complexity index is 1110. The fraction of sp³-hybridized carbons (Fsp3) is 0.0833. The van der Waals surface area contributed by atoms with Crippen molar-refractivity contribution in [2.45, 2.75) is 12.8 Å². The average Bonchev–Trinajstić information content (AvgIpc) is 2.99. The normalized spacial score (nSPS) is 20.4. The van der Waals surface area contributed by atoms with E-state index in [9.17, 15) is 4.57 Å². The second-order valence-corrected chi connectivity index (χ2v) is 9.55. The largest absolute Gasteiger partial charge is 0.309 e. The molecular formula is C24H19OP. The molecule has 0 saturated heterocycles. The van der Waals surface area contributed by atoms with Crippen molar-refractivity contribution < 1.29 is 4.57 Å². The van der Waals surface area contributed by atoms with Crippen molar-refractivity contribution in [1.82, 2.24) is 0 Å². The van der Waals surface area contributed by atoms with Gasteiger partial charge in [-0.2, -0.15) is 0 Å². The number of allylic oxidation sites excluding steroid dienone is 4. The van der Waals surface area contributed by atoms with Crippen LogP contribution in [0.3, 0.4) is 0 Å². The van der Waals surface area contributed by atoms with Gasteiger partial charge >= 0.3 is 0 Å². The molecule has 26 heavy (non-hydrogen) atoms. The molecule has 1 unspecified atom stereocenters. The van der Waals surface area contributed by atoms with Crippen molar-refractivity contribution in [1.29, 1.82) is 0 Å². The zero-order valence-electron chi connectivity index (χ0n) is 14.4. The molecule has 1 atom stereocenters. The van der Waals surface area contributed by atoms with Gasteiger partial charge in [-0.1, -0.05) is 78.9 Å². The Labute approximate surface area is 154 Å². The van der Waals surface area contributed by atoms with Crippen LogP contribution in [0.15, 0.2) is 91.0 Å². The van der Waals surface area contributed by atoms with Crippen LogP contribution >= 0.6 is 7.14 Å². The minimum atomic E-state index is -2.80. The van der Waals surface area contributed by atoms with Crippen LogP contribution in [0.25, 0.3) is 16.7 Å². The van der Waals surface area contributed by atoms with Crippen LogP contribution in [0.5, 0.6) is 0 Å². The Morgan fingerprint density at radius 1 is 0.769 bits per heavy atom. The Morgan fingerprint density at radius 2 is 1.54 bits per heavy atom. The smallest absolute Gasteiger partial charge is 0.172 e. The summed E-state index contributed by atoms with van der Waals surface area (Å²) in [6.45, 7) is 0. The molecule has 0 bridgehead atoms. The lowest BCUT2D eigenvalue weighted by atomic mass is 9.94. The monoisotopic (exact) mass is 354 g/mol. The molecular weight excluding hydrogens is 335 g/mol. The van der Waals surface area contributed by atoms with E-state index in [1.807, 2.05) is 48.5 Å². The molecule has 0 N–H and O–H groups in total.